The highest BCUT2D eigenvalue weighted by atomic mass is 16.5. The summed E-state index contributed by atoms with van der Waals surface area (Å²) in [5.74, 6) is 0.478. The Hall–Kier alpha value is -1.95. The Morgan fingerprint density at radius 1 is 1.32 bits per heavy atom. The van der Waals surface area contributed by atoms with Crippen LogP contribution in [-0.2, 0) is 4.74 Å². The van der Waals surface area contributed by atoms with Crippen molar-refractivity contribution in [3.63, 3.8) is 0 Å². The van der Waals surface area contributed by atoms with Crippen LogP contribution in [0.5, 0.6) is 0 Å². The van der Waals surface area contributed by atoms with Gasteiger partial charge in [-0.15, -0.1) is 0 Å². The second-order valence-corrected chi connectivity index (χ2v) is 7.16. The first-order chi connectivity index (χ1) is 12.0. The molecule has 0 aliphatic heterocycles. The highest BCUT2D eigenvalue weighted by Gasteiger charge is 2.22. The van der Waals surface area contributed by atoms with Gasteiger partial charge in [0.25, 0.3) is 5.91 Å². The van der Waals surface area contributed by atoms with E-state index in [1.165, 1.54) is 19.3 Å². The molecule has 1 saturated carbocycles. The lowest BCUT2D eigenvalue weighted by atomic mass is 9.88. The minimum Gasteiger partial charge on any atom is -0.376 e. The van der Waals surface area contributed by atoms with E-state index in [9.17, 15) is 4.79 Å². The molecule has 0 bridgehead atoms. The molecule has 0 radical (unpaired) electrons. The van der Waals surface area contributed by atoms with Gasteiger partial charge in [0.1, 0.15) is 5.56 Å². The number of amides is 1. The normalized spacial score (nSPS) is 20.8. The standard InChI is InChI=1S/C19H28N4O2/c1-12-7-5-6-8-16(12)25-10-9-20-19(24)17-15(4)22-23-14(3)11-13(2)21-18(17)23/h11-12,16H,5-10H2,1-4H3,(H,20,24). The Labute approximate surface area is 149 Å². The molecule has 6 heteroatoms. The molecule has 2 aromatic rings. The van der Waals surface area contributed by atoms with Gasteiger partial charge in [-0.1, -0.05) is 19.8 Å². The Morgan fingerprint density at radius 2 is 2.08 bits per heavy atom. The van der Waals surface area contributed by atoms with E-state index in [1.807, 2.05) is 26.8 Å². The lowest BCUT2D eigenvalue weighted by molar-refractivity contribution is -0.00293. The van der Waals surface area contributed by atoms with Crippen molar-refractivity contribution in [2.75, 3.05) is 13.2 Å². The van der Waals surface area contributed by atoms with Crippen LogP contribution in [-0.4, -0.2) is 39.8 Å². The molecular weight excluding hydrogens is 316 g/mol. The molecule has 1 aliphatic carbocycles. The van der Waals surface area contributed by atoms with Gasteiger partial charge in [-0.05, 0) is 45.6 Å². The summed E-state index contributed by atoms with van der Waals surface area (Å²) in [6.07, 6.45) is 5.25. The monoisotopic (exact) mass is 344 g/mol. The summed E-state index contributed by atoms with van der Waals surface area (Å²) in [5.41, 5.74) is 3.72. The Morgan fingerprint density at radius 3 is 2.84 bits per heavy atom. The molecule has 25 heavy (non-hydrogen) atoms. The van der Waals surface area contributed by atoms with Crippen LogP contribution in [0.2, 0.25) is 0 Å². The molecule has 0 spiro atoms. The Balaban J connectivity index is 1.62. The van der Waals surface area contributed by atoms with Crippen molar-refractivity contribution < 1.29 is 9.53 Å². The van der Waals surface area contributed by atoms with E-state index >= 15 is 0 Å². The van der Waals surface area contributed by atoms with Crippen LogP contribution < -0.4 is 5.32 Å². The number of hydrogen-bond acceptors (Lipinski definition) is 4. The maximum Gasteiger partial charge on any atom is 0.257 e. The number of carbonyl (C=O) groups excluding carboxylic acids is 1. The van der Waals surface area contributed by atoms with Crippen molar-refractivity contribution in [2.24, 2.45) is 5.92 Å². The molecule has 0 aromatic carbocycles. The fraction of sp³-hybridized carbons (Fsp3) is 0.632. The van der Waals surface area contributed by atoms with E-state index in [0.29, 0.717) is 42.1 Å². The van der Waals surface area contributed by atoms with Crippen molar-refractivity contribution in [1.82, 2.24) is 19.9 Å². The minimum absolute atomic E-state index is 0.134. The van der Waals surface area contributed by atoms with Gasteiger partial charge in [0.2, 0.25) is 0 Å². The highest BCUT2D eigenvalue weighted by Crippen LogP contribution is 2.26. The molecule has 2 heterocycles. The molecule has 1 aliphatic rings. The third kappa shape index (κ3) is 3.84. The van der Waals surface area contributed by atoms with Gasteiger partial charge >= 0.3 is 0 Å². The highest BCUT2D eigenvalue weighted by molar-refractivity contribution is 6.01. The van der Waals surface area contributed by atoms with Gasteiger partial charge < -0.3 is 10.1 Å². The SMILES string of the molecule is Cc1cc(C)n2nc(C)c(C(=O)NCCOC3CCCCC3C)c2n1. The molecule has 2 unspecified atom stereocenters. The number of nitrogens with one attached hydrogen (secondary N) is 1. The minimum atomic E-state index is -0.134. The van der Waals surface area contributed by atoms with Gasteiger partial charge in [0, 0.05) is 17.9 Å². The van der Waals surface area contributed by atoms with E-state index in [0.717, 1.165) is 17.8 Å². The first-order valence-corrected chi connectivity index (χ1v) is 9.20. The summed E-state index contributed by atoms with van der Waals surface area (Å²) in [5, 5.41) is 7.40. The van der Waals surface area contributed by atoms with Crippen LogP contribution in [0.3, 0.4) is 0 Å². The lowest BCUT2D eigenvalue weighted by Gasteiger charge is -2.28. The molecule has 1 N–H and O–H groups in total. The summed E-state index contributed by atoms with van der Waals surface area (Å²) in [4.78, 5) is 17.1. The predicted octanol–water partition coefficient (Wildman–Crippen LogP) is 2.98. The van der Waals surface area contributed by atoms with E-state index < -0.39 is 0 Å². The van der Waals surface area contributed by atoms with E-state index in [2.05, 4.69) is 22.3 Å². The van der Waals surface area contributed by atoms with Crippen LogP contribution in [0.1, 0.15) is 60.0 Å². The molecule has 1 fully saturated rings. The summed E-state index contributed by atoms with van der Waals surface area (Å²) < 4.78 is 7.70. The van der Waals surface area contributed by atoms with E-state index in [-0.39, 0.29) is 5.91 Å². The fourth-order valence-corrected chi connectivity index (χ4v) is 3.69. The molecular formula is C19H28N4O2. The topological polar surface area (TPSA) is 68.5 Å². The quantitative estimate of drug-likeness (QED) is 0.847. The maximum absolute atomic E-state index is 12.6. The smallest absolute Gasteiger partial charge is 0.257 e. The number of carbonyl (C=O) groups is 1. The summed E-state index contributed by atoms with van der Waals surface area (Å²) in [6, 6.07) is 1.96. The molecule has 3 rings (SSSR count). The number of nitrogens with zero attached hydrogens (tertiary/aromatic N) is 3. The van der Waals surface area contributed by atoms with Crippen molar-refractivity contribution in [3.8, 4) is 0 Å². The van der Waals surface area contributed by atoms with Crippen molar-refractivity contribution in [3.05, 3.63) is 28.7 Å². The largest absolute Gasteiger partial charge is 0.376 e. The number of fused-ring (bicyclic) bond motifs is 1. The van der Waals surface area contributed by atoms with Gasteiger partial charge in [-0.25, -0.2) is 9.50 Å². The molecule has 6 nitrogen and oxygen atoms in total. The van der Waals surface area contributed by atoms with Crippen LogP contribution in [0, 0.1) is 26.7 Å². The van der Waals surface area contributed by atoms with Crippen molar-refractivity contribution in [2.45, 2.75) is 59.5 Å². The maximum atomic E-state index is 12.6. The number of hydrogen-bond donors (Lipinski definition) is 1. The second kappa shape index (κ2) is 7.52. The number of rotatable bonds is 5. The third-order valence-electron chi connectivity index (χ3n) is 5.05. The zero-order valence-corrected chi connectivity index (χ0v) is 15.6. The van der Waals surface area contributed by atoms with Crippen molar-refractivity contribution in [1.29, 1.82) is 0 Å². The molecule has 2 atom stereocenters. The van der Waals surface area contributed by atoms with E-state index in [4.69, 9.17) is 4.74 Å². The van der Waals surface area contributed by atoms with Gasteiger partial charge in [-0.2, -0.15) is 5.10 Å². The second-order valence-electron chi connectivity index (χ2n) is 7.16. The van der Waals surface area contributed by atoms with E-state index in [1.54, 1.807) is 4.52 Å². The van der Waals surface area contributed by atoms with Gasteiger partial charge in [0.15, 0.2) is 5.65 Å². The Bertz CT molecular complexity index is 768. The predicted molar refractivity (Wildman–Crippen MR) is 96.9 cm³/mol. The summed E-state index contributed by atoms with van der Waals surface area (Å²) in [6.45, 7) is 9.04. The van der Waals surface area contributed by atoms with Crippen molar-refractivity contribution >= 4 is 11.6 Å². The molecule has 1 amide bonds. The zero-order chi connectivity index (χ0) is 18.0. The lowest BCUT2D eigenvalue weighted by Crippen LogP contribution is -2.32. The molecule has 136 valence electrons. The van der Waals surface area contributed by atoms with Crippen LogP contribution in [0.4, 0.5) is 0 Å². The van der Waals surface area contributed by atoms with Crippen LogP contribution in [0.15, 0.2) is 6.07 Å². The summed E-state index contributed by atoms with van der Waals surface area (Å²) in [7, 11) is 0. The first-order valence-electron chi connectivity index (χ1n) is 9.20. The number of ether oxygens (including phenoxy) is 1. The summed E-state index contributed by atoms with van der Waals surface area (Å²) >= 11 is 0. The fourth-order valence-electron chi connectivity index (χ4n) is 3.69. The van der Waals surface area contributed by atoms with Crippen LogP contribution >= 0.6 is 0 Å². The average molecular weight is 344 g/mol. The van der Waals surface area contributed by atoms with Crippen LogP contribution in [0.25, 0.3) is 5.65 Å². The van der Waals surface area contributed by atoms with Gasteiger partial charge in [0.05, 0.1) is 18.4 Å². The zero-order valence-electron chi connectivity index (χ0n) is 15.6. The number of aryl methyl sites for hydroxylation is 3. The number of aromatic nitrogens is 3. The third-order valence-corrected chi connectivity index (χ3v) is 5.05. The molecule has 0 saturated heterocycles. The average Bonchev–Trinajstić information content (AvgIpc) is 2.89. The molecule has 2 aromatic heterocycles. The van der Waals surface area contributed by atoms with Gasteiger partial charge in [-0.3, -0.25) is 4.79 Å². The Kier molecular flexibility index (Phi) is 5.37. The first kappa shape index (κ1) is 17.9.